The smallest absolute Gasteiger partial charge is 0.237 e. The Morgan fingerprint density at radius 1 is 0.963 bits per heavy atom. The molecule has 0 N–H and O–H groups in total. The van der Waals surface area contributed by atoms with E-state index in [0.29, 0.717) is 23.3 Å². The van der Waals surface area contributed by atoms with Crippen LogP contribution in [0, 0.1) is 0 Å². The second-order valence-electron chi connectivity index (χ2n) is 6.45. The second-order valence-corrected chi connectivity index (χ2v) is 7.37. The molecule has 1 atom stereocenters. The third kappa shape index (κ3) is 3.71. The Hall–Kier alpha value is -2.73. The zero-order valence-corrected chi connectivity index (χ0v) is 16.7. The van der Waals surface area contributed by atoms with Crippen LogP contribution in [0.5, 0.6) is 11.6 Å². The van der Waals surface area contributed by atoms with E-state index in [0.717, 1.165) is 22.2 Å². The van der Waals surface area contributed by atoms with E-state index < -0.39 is 0 Å². The Kier molecular flexibility index (Phi) is 4.90. The summed E-state index contributed by atoms with van der Waals surface area (Å²) in [6, 6.07) is 19.7. The highest BCUT2D eigenvalue weighted by molar-refractivity contribution is 9.10. The highest BCUT2D eigenvalue weighted by Crippen LogP contribution is 2.26. The monoisotopic (exact) mass is 422 g/mol. The van der Waals surface area contributed by atoms with Gasteiger partial charge in [-0.1, -0.05) is 54.0 Å². The number of benzene rings is 2. The maximum atomic E-state index is 5.94. The van der Waals surface area contributed by atoms with Crippen LogP contribution in [0.1, 0.15) is 31.7 Å². The van der Waals surface area contributed by atoms with Crippen molar-refractivity contribution in [1.29, 1.82) is 0 Å². The van der Waals surface area contributed by atoms with Gasteiger partial charge in [-0.2, -0.15) is 4.52 Å². The third-order valence-electron chi connectivity index (χ3n) is 4.62. The molecule has 27 heavy (non-hydrogen) atoms. The molecule has 0 aliphatic rings. The van der Waals surface area contributed by atoms with Crippen molar-refractivity contribution < 1.29 is 4.74 Å². The summed E-state index contributed by atoms with van der Waals surface area (Å²) in [6.45, 7) is 4.41. The molecule has 4 rings (SSSR count). The summed E-state index contributed by atoms with van der Waals surface area (Å²) in [5.74, 6) is 2.47. The van der Waals surface area contributed by atoms with Gasteiger partial charge in [0.15, 0.2) is 11.5 Å². The highest BCUT2D eigenvalue weighted by atomic mass is 79.9. The van der Waals surface area contributed by atoms with Gasteiger partial charge in [0.25, 0.3) is 0 Å². The predicted octanol–water partition coefficient (Wildman–Crippen LogP) is 5.86. The second kappa shape index (κ2) is 7.48. The number of fused-ring (bicyclic) bond motifs is 1. The average Bonchev–Trinajstić information content (AvgIpc) is 3.12. The first-order chi connectivity index (χ1) is 13.1. The maximum absolute atomic E-state index is 5.94. The van der Waals surface area contributed by atoms with Crippen molar-refractivity contribution >= 4 is 21.6 Å². The summed E-state index contributed by atoms with van der Waals surface area (Å²) in [7, 11) is 0. The lowest BCUT2D eigenvalue weighted by Gasteiger charge is -2.10. The molecule has 6 heteroatoms. The lowest BCUT2D eigenvalue weighted by Crippen LogP contribution is -1.98. The molecule has 2 aromatic heterocycles. The van der Waals surface area contributed by atoms with E-state index in [-0.39, 0.29) is 0 Å². The van der Waals surface area contributed by atoms with Gasteiger partial charge < -0.3 is 4.74 Å². The first kappa shape index (κ1) is 17.7. The molecule has 0 aliphatic carbocycles. The lowest BCUT2D eigenvalue weighted by molar-refractivity contribution is 0.452. The minimum Gasteiger partial charge on any atom is -0.438 e. The molecule has 0 unspecified atom stereocenters. The minimum absolute atomic E-state index is 0.497. The molecule has 2 aromatic carbocycles. The van der Waals surface area contributed by atoms with Crippen LogP contribution in [0.15, 0.2) is 65.1 Å². The molecule has 0 aliphatic heterocycles. The van der Waals surface area contributed by atoms with E-state index >= 15 is 0 Å². The molecule has 2 heterocycles. The summed E-state index contributed by atoms with van der Waals surface area (Å²) in [4.78, 5) is 0. The average molecular weight is 423 g/mol. The fourth-order valence-corrected chi connectivity index (χ4v) is 3.09. The van der Waals surface area contributed by atoms with E-state index in [1.165, 1.54) is 5.56 Å². The Morgan fingerprint density at radius 3 is 2.41 bits per heavy atom. The molecule has 5 nitrogen and oxygen atoms in total. The minimum atomic E-state index is 0.497. The number of nitrogens with zero attached hydrogens (tertiary/aromatic N) is 4. The summed E-state index contributed by atoms with van der Waals surface area (Å²) < 4.78 is 8.65. The summed E-state index contributed by atoms with van der Waals surface area (Å²) in [6.07, 6.45) is 1.12. The van der Waals surface area contributed by atoms with Gasteiger partial charge in [0.1, 0.15) is 5.75 Å². The van der Waals surface area contributed by atoms with Crippen LogP contribution >= 0.6 is 15.9 Å². The quantitative estimate of drug-likeness (QED) is 0.404. The standard InChI is InChI=1S/C21H19BrN4O/c1-3-14(2)15-6-10-18(11-7-15)27-20-13-12-19-23-24-21(26(19)25-20)16-4-8-17(22)9-5-16/h4-14H,3H2,1-2H3/t14-/m0/s1. The van der Waals surface area contributed by atoms with Crippen LogP contribution in [-0.2, 0) is 0 Å². The summed E-state index contributed by atoms with van der Waals surface area (Å²) in [5, 5.41) is 13.0. The van der Waals surface area contributed by atoms with Crippen LogP contribution in [0.3, 0.4) is 0 Å². The van der Waals surface area contributed by atoms with E-state index in [9.17, 15) is 0 Å². The Labute approximate surface area is 166 Å². The van der Waals surface area contributed by atoms with Crippen LogP contribution < -0.4 is 4.74 Å². The van der Waals surface area contributed by atoms with Gasteiger partial charge in [-0.15, -0.1) is 15.3 Å². The van der Waals surface area contributed by atoms with Crippen molar-refractivity contribution in [2.45, 2.75) is 26.2 Å². The topological polar surface area (TPSA) is 52.3 Å². The first-order valence-electron chi connectivity index (χ1n) is 8.90. The SMILES string of the molecule is CC[C@H](C)c1ccc(Oc2ccc3nnc(-c4ccc(Br)cc4)n3n2)cc1. The Morgan fingerprint density at radius 2 is 1.70 bits per heavy atom. The van der Waals surface area contributed by atoms with Crippen LogP contribution in [0.4, 0.5) is 0 Å². The number of hydrogen-bond acceptors (Lipinski definition) is 4. The summed E-state index contributed by atoms with van der Waals surface area (Å²) in [5.41, 5.74) is 2.92. The lowest BCUT2D eigenvalue weighted by atomic mass is 9.99. The van der Waals surface area contributed by atoms with E-state index in [4.69, 9.17) is 4.74 Å². The molecule has 0 saturated heterocycles. The Bertz CT molecular complexity index is 1060. The van der Waals surface area contributed by atoms with Gasteiger partial charge >= 0.3 is 0 Å². The number of rotatable bonds is 5. The number of aromatic nitrogens is 4. The molecule has 0 amide bonds. The third-order valence-corrected chi connectivity index (χ3v) is 5.15. The van der Waals surface area contributed by atoms with Gasteiger partial charge in [-0.3, -0.25) is 0 Å². The van der Waals surface area contributed by atoms with Gasteiger partial charge in [0.2, 0.25) is 5.88 Å². The largest absolute Gasteiger partial charge is 0.438 e. The van der Waals surface area contributed by atoms with E-state index in [2.05, 4.69) is 57.2 Å². The number of hydrogen-bond donors (Lipinski definition) is 0. The molecular weight excluding hydrogens is 404 g/mol. The van der Waals surface area contributed by atoms with E-state index in [1.807, 2.05) is 42.5 Å². The van der Waals surface area contributed by atoms with Crippen molar-refractivity contribution in [3.63, 3.8) is 0 Å². The predicted molar refractivity (Wildman–Crippen MR) is 109 cm³/mol. The van der Waals surface area contributed by atoms with Crippen molar-refractivity contribution in [2.75, 3.05) is 0 Å². The van der Waals surface area contributed by atoms with Gasteiger partial charge in [0.05, 0.1) is 0 Å². The molecular formula is C21H19BrN4O. The van der Waals surface area contributed by atoms with Crippen molar-refractivity contribution in [3.05, 3.63) is 70.7 Å². The van der Waals surface area contributed by atoms with Crippen LogP contribution in [0.25, 0.3) is 17.0 Å². The zero-order valence-electron chi connectivity index (χ0n) is 15.1. The maximum Gasteiger partial charge on any atom is 0.237 e. The highest BCUT2D eigenvalue weighted by Gasteiger charge is 2.11. The van der Waals surface area contributed by atoms with Gasteiger partial charge in [0, 0.05) is 16.1 Å². The van der Waals surface area contributed by atoms with Crippen molar-refractivity contribution in [2.24, 2.45) is 0 Å². The van der Waals surface area contributed by atoms with E-state index in [1.54, 1.807) is 10.6 Å². The first-order valence-corrected chi connectivity index (χ1v) is 9.69. The molecule has 0 fully saturated rings. The Balaban J connectivity index is 1.63. The molecule has 0 radical (unpaired) electrons. The molecule has 4 aromatic rings. The molecule has 136 valence electrons. The number of halogens is 1. The summed E-state index contributed by atoms with van der Waals surface area (Å²) >= 11 is 3.45. The van der Waals surface area contributed by atoms with Gasteiger partial charge in [-0.25, -0.2) is 0 Å². The van der Waals surface area contributed by atoms with Crippen molar-refractivity contribution in [3.8, 4) is 23.0 Å². The fourth-order valence-electron chi connectivity index (χ4n) is 2.83. The van der Waals surface area contributed by atoms with Crippen LogP contribution in [-0.4, -0.2) is 19.8 Å². The molecule has 0 bridgehead atoms. The normalized spacial score (nSPS) is 12.3. The van der Waals surface area contributed by atoms with Gasteiger partial charge in [-0.05, 0) is 48.2 Å². The molecule has 0 spiro atoms. The molecule has 0 saturated carbocycles. The van der Waals surface area contributed by atoms with Crippen LogP contribution in [0.2, 0.25) is 0 Å². The van der Waals surface area contributed by atoms with Crippen molar-refractivity contribution in [1.82, 2.24) is 19.8 Å². The fraction of sp³-hybridized carbons (Fsp3) is 0.190. The zero-order chi connectivity index (χ0) is 18.8. The number of ether oxygens (including phenoxy) is 1.